The molecule has 1 N–H and O–H groups in total. The quantitative estimate of drug-likeness (QED) is 0.894. The number of piperidine rings is 1. The molecule has 1 aliphatic heterocycles. The van der Waals surface area contributed by atoms with Crippen LogP contribution in [-0.4, -0.2) is 23.2 Å². The van der Waals surface area contributed by atoms with E-state index in [9.17, 15) is 0 Å². The number of rotatable bonds is 2. The lowest BCUT2D eigenvalue weighted by molar-refractivity contribution is 0.319. The lowest BCUT2D eigenvalue weighted by atomic mass is 9.77. The summed E-state index contributed by atoms with van der Waals surface area (Å²) in [5.41, 5.74) is 2.77. The maximum Gasteiger partial charge on any atom is 0.231 e. The summed E-state index contributed by atoms with van der Waals surface area (Å²) >= 11 is 0. The third kappa shape index (κ3) is 1.87. The molecule has 1 saturated heterocycles. The summed E-state index contributed by atoms with van der Waals surface area (Å²) in [6, 6.07) is 8.51. The minimum absolute atomic E-state index is 0.338. The summed E-state index contributed by atoms with van der Waals surface area (Å²) in [4.78, 5) is 4.64. The molecular formula is C15H17N3O. The van der Waals surface area contributed by atoms with Crippen LogP contribution in [-0.2, 0) is 6.42 Å². The Hall–Kier alpha value is -1.68. The van der Waals surface area contributed by atoms with Crippen molar-refractivity contribution in [2.24, 2.45) is 0 Å². The van der Waals surface area contributed by atoms with E-state index in [1.54, 1.807) is 0 Å². The highest BCUT2D eigenvalue weighted by Gasteiger charge is 2.32. The molecule has 19 heavy (non-hydrogen) atoms. The fraction of sp³-hybridized carbons (Fsp3) is 0.467. The molecule has 0 amide bonds. The van der Waals surface area contributed by atoms with Crippen molar-refractivity contribution in [3.05, 3.63) is 47.1 Å². The first-order valence-electron chi connectivity index (χ1n) is 7.04. The van der Waals surface area contributed by atoms with E-state index in [2.05, 4.69) is 39.7 Å². The van der Waals surface area contributed by atoms with Gasteiger partial charge in [-0.15, -0.1) is 0 Å². The van der Waals surface area contributed by atoms with Crippen LogP contribution < -0.4 is 5.32 Å². The van der Waals surface area contributed by atoms with Crippen molar-refractivity contribution in [3.8, 4) is 0 Å². The molecule has 4 rings (SSSR count). The topological polar surface area (TPSA) is 51.0 Å². The molecule has 0 radical (unpaired) electrons. The van der Waals surface area contributed by atoms with Gasteiger partial charge in [-0.05, 0) is 36.9 Å². The number of nitrogens with one attached hydrogen (secondary N) is 1. The Kier molecular flexibility index (Phi) is 2.62. The third-order valence-corrected chi connectivity index (χ3v) is 4.27. The molecule has 1 aliphatic carbocycles. The Labute approximate surface area is 112 Å². The largest absolute Gasteiger partial charge is 0.339 e. The summed E-state index contributed by atoms with van der Waals surface area (Å²) in [7, 11) is 0. The summed E-state index contributed by atoms with van der Waals surface area (Å²) in [6.45, 7) is 2.07. The Morgan fingerprint density at radius 1 is 1.26 bits per heavy atom. The predicted octanol–water partition coefficient (Wildman–Crippen LogP) is 2.22. The van der Waals surface area contributed by atoms with Gasteiger partial charge in [0.2, 0.25) is 5.89 Å². The highest BCUT2D eigenvalue weighted by molar-refractivity contribution is 5.43. The molecule has 2 heterocycles. The van der Waals surface area contributed by atoms with Crippen LogP contribution in [0.2, 0.25) is 0 Å². The van der Waals surface area contributed by atoms with Crippen LogP contribution in [0.5, 0.6) is 0 Å². The zero-order chi connectivity index (χ0) is 12.7. The van der Waals surface area contributed by atoms with Crippen LogP contribution in [0.15, 0.2) is 28.8 Å². The fourth-order valence-corrected chi connectivity index (χ4v) is 3.11. The minimum atomic E-state index is 0.338. The number of benzene rings is 1. The van der Waals surface area contributed by atoms with E-state index in [1.165, 1.54) is 17.5 Å². The highest BCUT2D eigenvalue weighted by Crippen LogP contribution is 2.38. The fourth-order valence-electron chi connectivity index (χ4n) is 3.11. The molecule has 4 nitrogen and oxygen atoms in total. The van der Waals surface area contributed by atoms with Crippen molar-refractivity contribution in [2.75, 3.05) is 13.1 Å². The monoisotopic (exact) mass is 255 g/mol. The predicted molar refractivity (Wildman–Crippen MR) is 71.1 cm³/mol. The van der Waals surface area contributed by atoms with Gasteiger partial charge in [0, 0.05) is 6.54 Å². The van der Waals surface area contributed by atoms with Crippen molar-refractivity contribution >= 4 is 0 Å². The third-order valence-electron chi connectivity index (χ3n) is 4.27. The molecule has 4 heteroatoms. The average Bonchev–Trinajstić information content (AvgIpc) is 2.91. The van der Waals surface area contributed by atoms with Crippen LogP contribution >= 0.6 is 0 Å². The Bertz CT molecular complexity index is 587. The van der Waals surface area contributed by atoms with Crippen molar-refractivity contribution in [1.29, 1.82) is 0 Å². The molecule has 98 valence electrons. The summed E-state index contributed by atoms with van der Waals surface area (Å²) in [6.07, 6.45) is 3.38. The first kappa shape index (κ1) is 11.2. The van der Waals surface area contributed by atoms with E-state index in [0.717, 1.165) is 37.6 Å². The van der Waals surface area contributed by atoms with Crippen LogP contribution in [0.25, 0.3) is 0 Å². The van der Waals surface area contributed by atoms with E-state index in [4.69, 9.17) is 4.52 Å². The van der Waals surface area contributed by atoms with Crippen LogP contribution in [0.4, 0.5) is 0 Å². The second-order valence-electron chi connectivity index (χ2n) is 5.49. The molecule has 1 aromatic carbocycles. The van der Waals surface area contributed by atoms with Gasteiger partial charge in [-0.3, -0.25) is 0 Å². The smallest absolute Gasteiger partial charge is 0.231 e. The number of aromatic nitrogens is 2. The van der Waals surface area contributed by atoms with E-state index in [-0.39, 0.29) is 0 Å². The number of nitrogens with zero attached hydrogens (tertiary/aromatic N) is 2. The van der Waals surface area contributed by atoms with Gasteiger partial charge in [0.15, 0.2) is 5.82 Å². The van der Waals surface area contributed by atoms with Crippen molar-refractivity contribution in [3.63, 3.8) is 0 Å². The van der Waals surface area contributed by atoms with Crippen molar-refractivity contribution < 1.29 is 4.52 Å². The molecule has 0 bridgehead atoms. The van der Waals surface area contributed by atoms with E-state index >= 15 is 0 Å². The van der Waals surface area contributed by atoms with Gasteiger partial charge in [-0.1, -0.05) is 29.4 Å². The molecule has 2 aliphatic rings. The summed E-state index contributed by atoms with van der Waals surface area (Å²) in [5.74, 6) is 2.40. The first-order chi connectivity index (χ1) is 9.42. The maximum absolute atomic E-state index is 5.47. The van der Waals surface area contributed by atoms with Crippen LogP contribution in [0.3, 0.4) is 0 Å². The van der Waals surface area contributed by atoms with E-state index in [1.807, 2.05) is 0 Å². The zero-order valence-electron chi connectivity index (χ0n) is 10.8. The average molecular weight is 255 g/mol. The van der Waals surface area contributed by atoms with Gasteiger partial charge < -0.3 is 9.84 Å². The van der Waals surface area contributed by atoms with Crippen LogP contribution in [0, 0.1) is 0 Å². The molecular weight excluding hydrogens is 238 g/mol. The summed E-state index contributed by atoms with van der Waals surface area (Å²) in [5, 5.41) is 7.59. The molecule has 1 fully saturated rings. The number of hydrogen-bond acceptors (Lipinski definition) is 4. The SMILES string of the molecule is c1ccc2c(c1)CC2c1noc([C@H]2CCCNC2)n1. The van der Waals surface area contributed by atoms with Crippen molar-refractivity contribution in [2.45, 2.75) is 31.1 Å². The molecule has 2 atom stereocenters. The van der Waals surface area contributed by atoms with Gasteiger partial charge >= 0.3 is 0 Å². The minimum Gasteiger partial charge on any atom is -0.339 e. The Morgan fingerprint density at radius 2 is 2.21 bits per heavy atom. The standard InChI is InChI=1S/C15H17N3O/c1-2-6-12-10(4-1)8-13(12)14-17-15(19-18-14)11-5-3-7-16-9-11/h1-2,4,6,11,13,16H,3,5,7-9H2/t11-,13?/m0/s1. The second kappa shape index (κ2) is 4.46. The maximum atomic E-state index is 5.47. The molecule has 1 aromatic heterocycles. The molecule has 0 saturated carbocycles. The molecule has 1 unspecified atom stereocenters. The van der Waals surface area contributed by atoms with E-state index in [0.29, 0.717) is 11.8 Å². The van der Waals surface area contributed by atoms with Gasteiger partial charge in [0.1, 0.15) is 0 Å². The van der Waals surface area contributed by atoms with Gasteiger partial charge in [0.25, 0.3) is 0 Å². The van der Waals surface area contributed by atoms with Crippen molar-refractivity contribution in [1.82, 2.24) is 15.5 Å². The van der Waals surface area contributed by atoms with Crippen LogP contribution in [0.1, 0.15) is 47.5 Å². The second-order valence-corrected chi connectivity index (χ2v) is 5.49. The summed E-state index contributed by atoms with van der Waals surface area (Å²) < 4.78 is 5.47. The first-order valence-corrected chi connectivity index (χ1v) is 7.04. The zero-order valence-corrected chi connectivity index (χ0v) is 10.8. The lowest BCUT2D eigenvalue weighted by Gasteiger charge is -2.27. The van der Waals surface area contributed by atoms with E-state index < -0.39 is 0 Å². The van der Waals surface area contributed by atoms with Gasteiger partial charge in [-0.2, -0.15) is 4.98 Å². The Morgan fingerprint density at radius 3 is 3.05 bits per heavy atom. The highest BCUT2D eigenvalue weighted by atomic mass is 16.5. The molecule has 2 aromatic rings. The van der Waals surface area contributed by atoms with Gasteiger partial charge in [0.05, 0.1) is 11.8 Å². The normalized spacial score (nSPS) is 25.7. The van der Waals surface area contributed by atoms with Gasteiger partial charge in [-0.25, -0.2) is 0 Å². The molecule has 0 spiro atoms. The number of fused-ring (bicyclic) bond motifs is 1. The Balaban J connectivity index is 1.56. The lowest BCUT2D eigenvalue weighted by Crippen LogP contribution is -2.28. The number of hydrogen-bond donors (Lipinski definition) is 1.